The summed E-state index contributed by atoms with van der Waals surface area (Å²) in [5.41, 5.74) is 1.99. The van der Waals surface area contributed by atoms with Gasteiger partial charge >= 0.3 is 0 Å². The largest absolute Gasteiger partial charge is 0.457 e. The summed E-state index contributed by atoms with van der Waals surface area (Å²) in [5.74, 6) is 0.507. The number of benzene rings is 3. The first-order valence-corrected chi connectivity index (χ1v) is 12.6. The van der Waals surface area contributed by atoms with E-state index in [0.29, 0.717) is 30.2 Å². The first-order chi connectivity index (χ1) is 17.0. The maximum Gasteiger partial charge on any atom is 0.255 e. The van der Waals surface area contributed by atoms with Crippen LogP contribution in [0.3, 0.4) is 0 Å². The van der Waals surface area contributed by atoms with E-state index in [1.165, 1.54) is 5.56 Å². The van der Waals surface area contributed by atoms with Gasteiger partial charge in [0.05, 0.1) is 10.3 Å². The molecular formula is C27H28N2O5S. The number of rotatable bonds is 8. The number of carbonyl (C=O) groups excluding carboxylic acids is 1. The van der Waals surface area contributed by atoms with Crippen LogP contribution < -0.4 is 10.2 Å². The number of likely N-dealkylation sites (tertiary alicyclic amines) is 1. The summed E-state index contributed by atoms with van der Waals surface area (Å²) in [6.45, 7) is 1.88. The fourth-order valence-corrected chi connectivity index (χ4v) is 5.53. The van der Waals surface area contributed by atoms with Crippen LogP contribution in [0, 0.1) is 5.41 Å². The summed E-state index contributed by atoms with van der Waals surface area (Å²) in [4.78, 5) is 15.1. The number of nitrogens with one attached hydrogen (secondary N) is 1. The highest BCUT2D eigenvalue weighted by molar-refractivity contribution is 7.73. The average molecular weight is 493 g/mol. The van der Waals surface area contributed by atoms with Gasteiger partial charge in [0, 0.05) is 6.54 Å². The Morgan fingerprint density at radius 2 is 1.46 bits per heavy atom. The molecule has 1 saturated heterocycles. The molecule has 0 atom stereocenters. The molecule has 2 N–H and O–H groups in total. The zero-order valence-electron chi connectivity index (χ0n) is 19.3. The van der Waals surface area contributed by atoms with Crippen LogP contribution in [0.25, 0.3) is 0 Å². The predicted molar refractivity (Wildman–Crippen MR) is 134 cm³/mol. The minimum absolute atomic E-state index is 0.0157. The van der Waals surface area contributed by atoms with Gasteiger partial charge in [-0.2, -0.15) is 8.42 Å². The summed E-state index contributed by atoms with van der Waals surface area (Å²) in [6.07, 6.45) is 1.42. The molecule has 3 aromatic carbocycles. The van der Waals surface area contributed by atoms with Crippen LogP contribution in [-0.2, 0) is 21.5 Å². The monoisotopic (exact) mass is 492 g/mol. The molecule has 8 heteroatoms. The van der Waals surface area contributed by atoms with Crippen molar-refractivity contribution in [3.63, 3.8) is 0 Å². The molecule has 1 heterocycles. The molecule has 3 aromatic rings. The van der Waals surface area contributed by atoms with E-state index in [0.717, 1.165) is 13.0 Å². The SMILES string of the molecule is O=C(NO)C1(C(c2ccc(Oc3ccccc3)cc2)=S(=O)=O)CCN(CCc2ccccc2)CC1. The first kappa shape index (κ1) is 24.7. The van der Waals surface area contributed by atoms with Crippen LogP contribution in [0.5, 0.6) is 11.5 Å². The quantitative estimate of drug-likeness (QED) is 0.215. The van der Waals surface area contributed by atoms with Gasteiger partial charge in [-0.25, -0.2) is 5.48 Å². The number of nitrogens with zero attached hydrogens (tertiary/aromatic N) is 1. The molecule has 35 heavy (non-hydrogen) atoms. The Kier molecular flexibility index (Phi) is 7.97. The molecule has 4 rings (SSSR count). The highest BCUT2D eigenvalue weighted by Gasteiger charge is 2.47. The van der Waals surface area contributed by atoms with E-state index in [1.54, 1.807) is 29.7 Å². The van der Waals surface area contributed by atoms with Crippen molar-refractivity contribution in [1.82, 2.24) is 10.4 Å². The van der Waals surface area contributed by atoms with Gasteiger partial charge in [-0.05, 0) is 79.9 Å². The van der Waals surface area contributed by atoms with E-state index >= 15 is 0 Å². The summed E-state index contributed by atoms with van der Waals surface area (Å²) in [6, 6.07) is 26.0. The Balaban J connectivity index is 1.53. The number of hydrogen-bond donors (Lipinski definition) is 2. The van der Waals surface area contributed by atoms with Crippen molar-refractivity contribution in [2.24, 2.45) is 5.41 Å². The Morgan fingerprint density at radius 1 is 0.886 bits per heavy atom. The third-order valence-electron chi connectivity index (χ3n) is 6.50. The van der Waals surface area contributed by atoms with Gasteiger partial charge in [-0.3, -0.25) is 10.0 Å². The lowest BCUT2D eigenvalue weighted by Gasteiger charge is -2.40. The molecule has 0 radical (unpaired) electrons. The van der Waals surface area contributed by atoms with Gasteiger partial charge in [0.2, 0.25) is 10.3 Å². The van der Waals surface area contributed by atoms with Crippen molar-refractivity contribution in [2.75, 3.05) is 19.6 Å². The Hall–Kier alpha value is -3.46. The molecule has 0 bridgehead atoms. The molecule has 1 aliphatic heterocycles. The molecule has 182 valence electrons. The molecule has 1 amide bonds. The molecule has 7 nitrogen and oxygen atoms in total. The minimum atomic E-state index is -2.67. The van der Waals surface area contributed by atoms with Crippen molar-refractivity contribution in [2.45, 2.75) is 19.3 Å². The second kappa shape index (κ2) is 11.3. The number of ether oxygens (including phenoxy) is 1. The van der Waals surface area contributed by atoms with E-state index < -0.39 is 21.6 Å². The maximum atomic E-state index is 12.9. The minimum Gasteiger partial charge on any atom is -0.457 e. The van der Waals surface area contributed by atoms with Crippen LogP contribution in [0.2, 0.25) is 0 Å². The van der Waals surface area contributed by atoms with Crippen molar-refractivity contribution in [3.8, 4) is 11.5 Å². The van der Waals surface area contributed by atoms with Crippen LogP contribution in [0.4, 0.5) is 0 Å². The average Bonchev–Trinajstić information content (AvgIpc) is 2.90. The molecule has 0 unspecified atom stereocenters. The van der Waals surface area contributed by atoms with E-state index in [4.69, 9.17) is 4.74 Å². The lowest BCUT2D eigenvalue weighted by molar-refractivity contribution is -0.138. The zero-order valence-corrected chi connectivity index (χ0v) is 20.1. The van der Waals surface area contributed by atoms with Crippen LogP contribution >= 0.6 is 0 Å². The molecule has 0 aromatic heterocycles. The van der Waals surface area contributed by atoms with Crippen molar-refractivity contribution in [3.05, 3.63) is 96.1 Å². The van der Waals surface area contributed by atoms with Gasteiger partial charge < -0.3 is 9.64 Å². The van der Waals surface area contributed by atoms with E-state index in [2.05, 4.69) is 17.0 Å². The number of para-hydroxylation sites is 1. The van der Waals surface area contributed by atoms with E-state index in [1.807, 2.05) is 48.5 Å². The molecular weight excluding hydrogens is 464 g/mol. The molecule has 1 aliphatic rings. The molecule has 0 spiro atoms. The highest BCUT2D eigenvalue weighted by Crippen LogP contribution is 2.36. The van der Waals surface area contributed by atoms with E-state index in [-0.39, 0.29) is 17.7 Å². The Bertz CT molecular complexity index is 1260. The highest BCUT2D eigenvalue weighted by atomic mass is 32.2. The third-order valence-corrected chi connectivity index (χ3v) is 7.46. The van der Waals surface area contributed by atoms with Crippen LogP contribution in [-0.4, -0.2) is 48.9 Å². The fraction of sp³-hybridized carbons (Fsp3) is 0.259. The molecule has 1 fully saturated rings. The number of amides is 1. The van der Waals surface area contributed by atoms with Gasteiger partial charge in [-0.15, -0.1) is 0 Å². The second-order valence-corrected chi connectivity index (χ2v) is 9.48. The van der Waals surface area contributed by atoms with Crippen LogP contribution in [0.15, 0.2) is 84.9 Å². The van der Waals surface area contributed by atoms with Gasteiger partial charge in [-0.1, -0.05) is 48.5 Å². The summed E-state index contributed by atoms with van der Waals surface area (Å²) in [5, 5.41) is 9.51. The smallest absolute Gasteiger partial charge is 0.255 e. The maximum absolute atomic E-state index is 12.9. The van der Waals surface area contributed by atoms with Crippen molar-refractivity contribution < 1.29 is 23.2 Å². The predicted octanol–water partition coefficient (Wildman–Crippen LogP) is 3.71. The number of carbonyl (C=O) groups is 1. The lowest BCUT2D eigenvalue weighted by atomic mass is 9.72. The van der Waals surface area contributed by atoms with Gasteiger partial charge in [0.25, 0.3) is 5.91 Å². The van der Waals surface area contributed by atoms with Crippen molar-refractivity contribution >= 4 is 21.1 Å². The Morgan fingerprint density at radius 3 is 2.03 bits per heavy atom. The molecule has 0 aliphatic carbocycles. The normalized spacial score (nSPS) is 15.2. The number of piperidine rings is 1. The third kappa shape index (κ3) is 5.79. The standard InChI is InChI=1S/C27H28N2O5S/c30-26(28-31)27(16-19-29(20-17-27)18-15-21-7-3-1-4-8-21)25(35(32)33)22-11-13-24(14-12-22)34-23-9-5-2-6-10-23/h1-14,31H,15-20H2,(H,28,30). The van der Waals surface area contributed by atoms with E-state index in [9.17, 15) is 18.4 Å². The number of hydrogen-bond acceptors (Lipinski definition) is 6. The van der Waals surface area contributed by atoms with Crippen LogP contribution in [0.1, 0.15) is 24.0 Å². The van der Waals surface area contributed by atoms with Gasteiger partial charge in [0.15, 0.2) is 0 Å². The Labute approximate surface area is 206 Å². The topological polar surface area (TPSA) is 95.9 Å². The fourth-order valence-electron chi connectivity index (χ4n) is 4.59. The van der Waals surface area contributed by atoms with Crippen molar-refractivity contribution in [1.29, 1.82) is 0 Å². The lowest BCUT2D eigenvalue weighted by Crippen LogP contribution is -2.53. The van der Waals surface area contributed by atoms with Gasteiger partial charge in [0.1, 0.15) is 11.5 Å². The first-order valence-electron chi connectivity index (χ1n) is 11.5. The molecule has 0 saturated carbocycles. The number of hydroxylamine groups is 1. The summed E-state index contributed by atoms with van der Waals surface area (Å²) in [7, 11) is -2.67. The zero-order chi connectivity index (χ0) is 24.7. The second-order valence-electron chi connectivity index (χ2n) is 8.60. The summed E-state index contributed by atoms with van der Waals surface area (Å²) < 4.78 is 30.7. The summed E-state index contributed by atoms with van der Waals surface area (Å²) >= 11 is 0.